The highest BCUT2D eigenvalue weighted by Gasteiger charge is 2.38. The topological polar surface area (TPSA) is 75.0 Å². The van der Waals surface area contributed by atoms with Gasteiger partial charge in [0.1, 0.15) is 28.2 Å². The number of rotatable bonds is 6. The second-order valence-corrected chi connectivity index (χ2v) is 9.36. The molecule has 0 aromatic carbocycles. The van der Waals surface area contributed by atoms with Gasteiger partial charge in [-0.05, 0) is 17.7 Å². The van der Waals surface area contributed by atoms with Gasteiger partial charge in [0.25, 0.3) is 0 Å². The highest BCUT2D eigenvalue weighted by Crippen LogP contribution is 2.38. The van der Waals surface area contributed by atoms with Crippen LogP contribution in [0.3, 0.4) is 0 Å². The Kier molecular flexibility index (Phi) is 5.35. The lowest BCUT2D eigenvalue weighted by Gasteiger charge is -2.28. The smallest absolute Gasteiger partial charge is 0.434 e. The van der Waals surface area contributed by atoms with Crippen molar-refractivity contribution in [3.63, 3.8) is 0 Å². The number of alkyl halides is 3. The van der Waals surface area contributed by atoms with Gasteiger partial charge in [0, 0.05) is 41.4 Å². The Morgan fingerprint density at radius 2 is 1.97 bits per heavy atom. The van der Waals surface area contributed by atoms with Crippen LogP contribution >= 0.6 is 0 Å². The van der Waals surface area contributed by atoms with Crippen LogP contribution in [0.1, 0.15) is 30.1 Å². The van der Waals surface area contributed by atoms with Gasteiger partial charge >= 0.3 is 6.18 Å². The van der Waals surface area contributed by atoms with E-state index >= 15 is 4.39 Å². The molecular formula is C20H17F5N4O2S. The average Bonchev–Trinajstić information content (AvgIpc) is 3.48. The number of pyridine rings is 2. The van der Waals surface area contributed by atoms with Crippen LogP contribution in [0.2, 0.25) is 0 Å². The molecule has 3 aromatic rings. The maximum absolute atomic E-state index is 15.0. The van der Waals surface area contributed by atoms with E-state index < -0.39 is 46.1 Å². The lowest BCUT2D eigenvalue weighted by Crippen LogP contribution is -2.30. The van der Waals surface area contributed by atoms with Crippen LogP contribution in [0, 0.1) is 11.6 Å². The van der Waals surface area contributed by atoms with Crippen LogP contribution in [0.4, 0.5) is 22.0 Å². The Bertz CT molecular complexity index is 1180. The molecule has 1 aliphatic carbocycles. The van der Waals surface area contributed by atoms with E-state index in [0.29, 0.717) is 36.4 Å². The minimum absolute atomic E-state index is 0.103. The second-order valence-electron chi connectivity index (χ2n) is 7.81. The summed E-state index contributed by atoms with van der Waals surface area (Å²) in [6.07, 6.45) is -1.02. The van der Waals surface area contributed by atoms with Gasteiger partial charge in [0.2, 0.25) is 0 Å². The zero-order chi connectivity index (χ0) is 22.6. The molecule has 1 saturated heterocycles. The summed E-state index contributed by atoms with van der Waals surface area (Å²) in [5.41, 5.74) is -1.99. The first-order chi connectivity index (χ1) is 15.2. The third kappa shape index (κ3) is 3.96. The fraction of sp³-hybridized carbons (Fsp3) is 0.400. The predicted molar refractivity (Wildman–Crippen MR) is 106 cm³/mol. The fourth-order valence-corrected chi connectivity index (χ4v) is 4.70. The Balaban J connectivity index is 1.62. The Labute approximate surface area is 182 Å². The Morgan fingerprint density at radius 3 is 2.59 bits per heavy atom. The molecule has 6 nitrogen and oxygen atoms in total. The van der Waals surface area contributed by atoms with Crippen LogP contribution in [-0.2, 0) is 28.8 Å². The van der Waals surface area contributed by atoms with Crippen molar-refractivity contribution in [2.24, 2.45) is 0 Å². The van der Waals surface area contributed by atoms with Gasteiger partial charge in [-0.3, -0.25) is 0 Å². The van der Waals surface area contributed by atoms with Crippen molar-refractivity contribution in [1.29, 1.82) is 0 Å². The van der Waals surface area contributed by atoms with Crippen molar-refractivity contribution in [3.05, 3.63) is 47.4 Å². The lowest BCUT2D eigenvalue weighted by molar-refractivity contribution is -0.140. The van der Waals surface area contributed by atoms with Crippen molar-refractivity contribution in [3.8, 4) is 11.3 Å². The molecule has 2 fully saturated rings. The van der Waals surface area contributed by atoms with Crippen LogP contribution < -0.4 is 4.72 Å². The molecule has 0 radical (unpaired) electrons. The quantitative estimate of drug-likeness (QED) is 0.435. The van der Waals surface area contributed by atoms with Crippen molar-refractivity contribution in [1.82, 2.24) is 19.3 Å². The molecule has 0 bridgehead atoms. The lowest BCUT2D eigenvalue weighted by atomic mass is 10.1. The molecule has 1 N–H and O–H groups in total. The first-order valence-electron chi connectivity index (χ1n) is 9.87. The summed E-state index contributed by atoms with van der Waals surface area (Å²) in [4.78, 5) is 7.31. The number of hydrogen-bond donors (Lipinski definition) is 1. The number of nitrogens with zero attached hydrogens (tertiary/aromatic N) is 3. The minimum Gasteiger partial charge on any atom is -0.598 e. The molecule has 5 rings (SSSR count). The molecule has 1 atom stereocenters. The van der Waals surface area contributed by atoms with Crippen LogP contribution in [0.15, 0.2) is 24.5 Å². The number of aromatic nitrogens is 3. The third-order valence-corrected chi connectivity index (χ3v) is 6.97. The number of nitrogens with one attached hydrogen (secondary N) is 1. The molecule has 12 heteroatoms. The zero-order valence-electron chi connectivity index (χ0n) is 16.5. The molecule has 1 saturated carbocycles. The summed E-state index contributed by atoms with van der Waals surface area (Å²) in [5.74, 6) is -2.08. The van der Waals surface area contributed by atoms with E-state index in [2.05, 4.69) is 14.7 Å². The number of hydrogen-bond acceptors (Lipinski definition) is 5. The van der Waals surface area contributed by atoms with Crippen molar-refractivity contribution >= 4 is 22.4 Å². The second kappa shape index (κ2) is 7.94. The first kappa shape index (κ1) is 21.6. The summed E-state index contributed by atoms with van der Waals surface area (Å²) in [5, 5.41) is 0.475. The average molecular weight is 472 g/mol. The van der Waals surface area contributed by atoms with Gasteiger partial charge in [0.15, 0.2) is 5.69 Å². The van der Waals surface area contributed by atoms with E-state index in [1.807, 2.05) is 0 Å². The van der Waals surface area contributed by atoms with Gasteiger partial charge < -0.3 is 13.9 Å². The normalized spacial score (nSPS) is 18.2. The zero-order valence-corrected chi connectivity index (χ0v) is 17.3. The van der Waals surface area contributed by atoms with Crippen molar-refractivity contribution in [2.75, 3.05) is 13.2 Å². The number of fused-ring (bicyclic) bond motifs is 1. The van der Waals surface area contributed by atoms with E-state index in [4.69, 9.17) is 4.74 Å². The summed E-state index contributed by atoms with van der Waals surface area (Å²) >= 11 is -1.22. The first-order valence-corrected chi connectivity index (χ1v) is 11.1. The molecule has 0 amide bonds. The molecule has 3 aromatic heterocycles. The monoisotopic (exact) mass is 472 g/mol. The van der Waals surface area contributed by atoms with Gasteiger partial charge in [0.05, 0.1) is 32.0 Å². The summed E-state index contributed by atoms with van der Waals surface area (Å²) in [7, 11) is 0. The summed E-state index contributed by atoms with van der Waals surface area (Å²) in [6.45, 7) is 0.915. The van der Waals surface area contributed by atoms with E-state index in [1.54, 1.807) is 10.8 Å². The van der Waals surface area contributed by atoms with Crippen LogP contribution in [0.5, 0.6) is 0 Å². The summed E-state index contributed by atoms with van der Waals surface area (Å²) in [6, 6.07) is 1.53. The van der Waals surface area contributed by atoms with Crippen LogP contribution in [-0.4, -0.2) is 37.6 Å². The third-order valence-electron chi connectivity index (χ3n) is 5.47. The molecule has 1 unspecified atom stereocenters. The highest BCUT2D eigenvalue weighted by molar-refractivity contribution is 7.90. The molecule has 4 heterocycles. The molecule has 2 aliphatic rings. The van der Waals surface area contributed by atoms with Crippen molar-refractivity contribution in [2.45, 2.75) is 36.9 Å². The fourth-order valence-electron chi connectivity index (χ4n) is 3.60. The van der Waals surface area contributed by atoms with E-state index in [1.165, 1.54) is 0 Å². The Morgan fingerprint density at radius 1 is 1.22 bits per heavy atom. The van der Waals surface area contributed by atoms with Gasteiger partial charge in [-0.25, -0.2) is 18.7 Å². The molecule has 32 heavy (non-hydrogen) atoms. The van der Waals surface area contributed by atoms with Gasteiger partial charge in [-0.1, -0.05) is 0 Å². The maximum atomic E-state index is 15.0. The molecule has 170 valence electrons. The largest absolute Gasteiger partial charge is 0.598 e. The predicted octanol–water partition coefficient (Wildman–Crippen LogP) is 3.88. The van der Waals surface area contributed by atoms with E-state index in [9.17, 15) is 22.1 Å². The maximum Gasteiger partial charge on any atom is 0.434 e. The SMILES string of the molecule is [O-][S+](NCc1cn(C2COC2)c2nc(-c3cc(F)cnc3C(F)(F)F)c(F)cc12)C1CC1. The minimum atomic E-state index is -4.92. The van der Waals surface area contributed by atoms with E-state index in [0.717, 1.165) is 18.9 Å². The standard InChI is InChI=1S/C20H17F5N4O2S/c21-11-3-15(18(26-6-11)20(23,24)25)17-16(22)4-14-10(5-27-32(30)13-1-2-13)7-29(19(14)28-17)12-8-31-9-12/h3-4,6-7,12-13,27H,1-2,5,8-9H2. The van der Waals surface area contributed by atoms with Crippen molar-refractivity contribution < 1.29 is 31.2 Å². The van der Waals surface area contributed by atoms with Crippen LogP contribution in [0.25, 0.3) is 22.3 Å². The van der Waals surface area contributed by atoms with Gasteiger partial charge in [-0.15, -0.1) is 4.72 Å². The molecule has 0 spiro atoms. The Hall–Kier alpha value is -2.28. The molecule has 1 aliphatic heterocycles. The van der Waals surface area contributed by atoms with E-state index in [-0.39, 0.29) is 23.5 Å². The number of halogens is 5. The molecular weight excluding hydrogens is 455 g/mol. The highest BCUT2D eigenvalue weighted by atomic mass is 32.2. The number of ether oxygens (including phenoxy) is 1. The summed E-state index contributed by atoms with van der Waals surface area (Å²) < 4.78 is 91.1. The van der Waals surface area contributed by atoms with Gasteiger partial charge in [-0.2, -0.15) is 13.2 Å².